The summed E-state index contributed by atoms with van der Waals surface area (Å²) in [5.41, 5.74) is 1.23. The average molecular weight is 272 g/mol. The Balaban J connectivity index is 1.56. The van der Waals surface area contributed by atoms with Crippen LogP contribution in [0.2, 0.25) is 0 Å². The predicted octanol–water partition coefficient (Wildman–Crippen LogP) is 2.63. The van der Waals surface area contributed by atoms with Gasteiger partial charge >= 0.3 is 0 Å². The first-order valence-electron chi connectivity index (χ1n) is 7.68. The molecule has 0 unspecified atom stereocenters. The van der Waals surface area contributed by atoms with Crippen molar-refractivity contribution in [3.8, 4) is 0 Å². The molecule has 1 aromatic carbocycles. The van der Waals surface area contributed by atoms with E-state index in [1.165, 1.54) is 25.9 Å². The Morgan fingerprint density at radius 3 is 2.25 bits per heavy atom. The molecule has 0 atom stereocenters. The molecule has 2 aliphatic heterocycles. The van der Waals surface area contributed by atoms with Crippen LogP contribution in [0.4, 0.5) is 0 Å². The van der Waals surface area contributed by atoms with Gasteiger partial charge in [-0.2, -0.15) is 0 Å². The van der Waals surface area contributed by atoms with Crippen LogP contribution >= 0.6 is 0 Å². The summed E-state index contributed by atoms with van der Waals surface area (Å²) in [5, 5.41) is 0. The molecule has 1 amide bonds. The number of carbonyl (C=O) groups excluding carboxylic acids is 1. The van der Waals surface area contributed by atoms with Gasteiger partial charge in [0.05, 0.1) is 0 Å². The van der Waals surface area contributed by atoms with Crippen LogP contribution in [0.5, 0.6) is 0 Å². The number of carbonyl (C=O) groups is 1. The Morgan fingerprint density at radius 1 is 1.10 bits per heavy atom. The molecule has 3 heteroatoms. The van der Waals surface area contributed by atoms with Gasteiger partial charge in [-0.25, -0.2) is 0 Å². The molecule has 2 aliphatic rings. The third-order valence-corrected chi connectivity index (χ3v) is 4.95. The molecule has 0 aliphatic carbocycles. The second-order valence-corrected chi connectivity index (χ2v) is 6.66. The lowest BCUT2D eigenvalue weighted by Gasteiger charge is -2.54. The van der Waals surface area contributed by atoms with Gasteiger partial charge in [0.1, 0.15) is 0 Å². The minimum atomic E-state index is 0.197. The first-order valence-corrected chi connectivity index (χ1v) is 7.68. The topological polar surface area (TPSA) is 23.6 Å². The average Bonchev–Trinajstić information content (AvgIpc) is 2.45. The summed E-state index contributed by atoms with van der Waals surface area (Å²) in [6.45, 7) is 8.81. The maximum Gasteiger partial charge on any atom is 0.253 e. The smallest absolute Gasteiger partial charge is 0.253 e. The fourth-order valence-corrected chi connectivity index (χ4v) is 3.50. The second kappa shape index (κ2) is 5.21. The van der Waals surface area contributed by atoms with Gasteiger partial charge in [0.25, 0.3) is 5.91 Å². The number of piperidine rings is 1. The van der Waals surface area contributed by atoms with E-state index in [9.17, 15) is 4.79 Å². The fourth-order valence-electron chi connectivity index (χ4n) is 3.50. The zero-order valence-electron chi connectivity index (χ0n) is 12.5. The van der Waals surface area contributed by atoms with E-state index in [2.05, 4.69) is 18.7 Å². The van der Waals surface area contributed by atoms with E-state index in [0.29, 0.717) is 11.5 Å². The van der Waals surface area contributed by atoms with E-state index >= 15 is 0 Å². The molecule has 1 aromatic rings. The van der Waals surface area contributed by atoms with E-state index in [-0.39, 0.29) is 5.91 Å². The van der Waals surface area contributed by atoms with E-state index in [1.807, 2.05) is 35.2 Å². The Bertz CT molecular complexity index is 467. The lowest BCUT2D eigenvalue weighted by Crippen LogP contribution is -2.62. The van der Waals surface area contributed by atoms with Crippen LogP contribution in [-0.2, 0) is 0 Å². The largest absolute Gasteiger partial charge is 0.337 e. The summed E-state index contributed by atoms with van der Waals surface area (Å²) in [6.07, 6.45) is 2.48. The number of benzene rings is 1. The highest BCUT2D eigenvalue weighted by molar-refractivity contribution is 5.94. The molecule has 20 heavy (non-hydrogen) atoms. The van der Waals surface area contributed by atoms with Crippen molar-refractivity contribution in [3.63, 3.8) is 0 Å². The molecule has 0 radical (unpaired) electrons. The van der Waals surface area contributed by atoms with E-state index < -0.39 is 0 Å². The molecule has 0 N–H and O–H groups in total. The molecule has 0 saturated carbocycles. The highest BCUT2D eigenvalue weighted by Gasteiger charge is 2.46. The van der Waals surface area contributed by atoms with E-state index in [4.69, 9.17) is 0 Å². The molecule has 2 heterocycles. The minimum absolute atomic E-state index is 0.197. The van der Waals surface area contributed by atoms with Crippen LogP contribution < -0.4 is 0 Å². The highest BCUT2D eigenvalue weighted by Crippen LogP contribution is 2.41. The van der Waals surface area contributed by atoms with Gasteiger partial charge in [0, 0.05) is 30.1 Å². The van der Waals surface area contributed by atoms with E-state index in [1.54, 1.807) is 0 Å². The summed E-state index contributed by atoms with van der Waals surface area (Å²) in [5.74, 6) is 0.197. The monoisotopic (exact) mass is 272 g/mol. The van der Waals surface area contributed by atoms with Gasteiger partial charge in [0.2, 0.25) is 0 Å². The van der Waals surface area contributed by atoms with Crippen LogP contribution in [-0.4, -0.2) is 47.9 Å². The van der Waals surface area contributed by atoms with Crippen LogP contribution in [0, 0.1) is 5.41 Å². The molecular formula is C17H24N2O. The number of amides is 1. The van der Waals surface area contributed by atoms with Crippen LogP contribution in [0.3, 0.4) is 0 Å². The number of hydrogen-bond acceptors (Lipinski definition) is 2. The molecular weight excluding hydrogens is 248 g/mol. The zero-order chi connectivity index (χ0) is 14.2. The van der Waals surface area contributed by atoms with Crippen LogP contribution in [0.15, 0.2) is 30.3 Å². The molecule has 2 saturated heterocycles. The summed E-state index contributed by atoms with van der Waals surface area (Å²) < 4.78 is 0. The molecule has 1 spiro atoms. The van der Waals surface area contributed by atoms with Crippen molar-refractivity contribution in [1.29, 1.82) is 0 Å². The first kappa shape index (κ1) is 13.6. The number of hydrogen-bond donors (Lipinski definition) is 0. The Hall–Kier alpha value is -1.35. The first-order chi connectivity index (χ1) is 9.60. The molecule has 108 valence electrons. The van der Waals surface area contributed by atoms with Crippen molar-refractivity contribution in [2.75, 3.05) is 26.2 Å². The van der Waals surface area contributed by atoms with Crippen molar-refractivity contribution >= 4 is 5.91 Å². The highest BCUT2D eigenvalue weighted by atomic mass is 16.2. The van der Waals surface area contributed by atoms with Crippen molar-refractivity contribution < 1.29 is 4.79 Å². The summed E-state index contributed by atoms with van der Waals surface area (Å²) in [6, 6.07) is 10.3. The predicted molar refractivity (Wildman–Crippen MR) is 80.7 cm³/mol. The lowest BCUT2D eigenvalue weighted by atomic mass is 9.71. The normalized spacial score (nSPS) is 22.1. The third kappa shape index (κ3) is 2.47. The van der Waals surface area contributed by atoms with Gasteiger partial charge in [-0.1, -0.05) is 18.2 Å². The number of rotatable bonds is 2. The van der Waals surface area contributed by atoms with Gasteiger partial charge in [-0.15, -0.1) is 0 Å². The molecule has 0 aromatic heterocycles. The van der Waals surface area contributed by atoms with Crippen molar-refractivity contribution in [2.45, 2.75) is 32.7 Å². The van der Waals surface area contributed by atoms with Gasteiger partial charge < -0.3 is 9.80 Å². The Morgan fingerprint density at radius 2 is 1.70 bits per heavy atom. The molecule has 3 rings (SSSR count). The summed E-state index contributed by atoms with van der Waals surface area (Å²) in [7, 11) is 0. The van der Waals surface area contributed by atoms with Crippen molar-refractivity contribution in [3.05, 3.63) is 35.9 Å². The van der Waals surface area contributed by atoms with Crippen molar-refractivity contribution in [1.82, 2.24) is 9.80 Å². The van der Waals surface area contributed by atoms with Crippen LogP contribution in [0.1, 0.15) is 37.0 Å². The quantitative estimate of drug-likeness (QED) is 0.826. The zero-order valence-corrected chi connectivity index (χ0v) is 12.5. The lowest BCUT2D eigenvalue weighted by molar-refractivity contribution is -0.0371. The summed E-state index contributed by atoms with van der Waals surface area (Å²) in [4.78, 5) is 16.9. The molecule has 2 fully saturated rings. The fraction of sp³-hybridized carbons (Fsp3) is 0.588. The van der Waals surface area contributed by atoms with Crippen molar-refractivity contribution in [2.24, 2.45) is 5.41 Å². The number of likely N-dealkylation sites (tertiary alicyclic amines) is 2. The SMILES string of the molecule is CC(C)N1CCC2(CC1)CN(C(=O)c1ccccc1)C2. The minimum Gasteiger partial charge on any atom is -0.337 e. The number of nitrogens with zero attached hydrogens (tertiary/aromatic N) is 2. The van der Waals surface area contributed by atoms with Crippen LogP contribution in [0.25, 0.3) is 0 Å². The summed E-state index contributed by atoms with van der Waals surface area (Å²) >= 11 is 0. The molecule has 0 bridgehead atoms. The molecule has 3 nitrogen and oxygen atoms in total. The van der Waals surface area contributed by atoms with E-state index in [0.717, 1.165) is 18.7 Å². The third-order valence-electron chi connectivity index (χ3n) is 4.95. The second-order valence-electron chi connectivity index (χ2n) is 6.66. The standard InChI is InChI=1S/C17H24N2O/c1-14(2)18-10-8-17(9-11-18)12-19(13-17)16(20)15-6-4-3-5-7-15/h3-7,14H,8-13H2,1-2H3. The van der Waals surface area contributed by atoms with Gasteiger partial charge in [0.15, 0.2) is 0 Å². The Kier molecular flexibility index (Phi) is 3.55. The maximum atomic E-state index is 12.3. The Labute approximate surface area is 121 Å². The van der Waals surface area contributed by atoms with Gasteiger partial charge in [-0.05, 0) is 51.9 Å². The van der Waals surface area contributed by atoms with Gasteiger partial charge in [-0.3, -0.25) is 4.79 Å². The maximum absolute atomic E-state index is 12.3.